The molecule has 0 unspecified atom stereocenters. The van der Waals surface area contributed by atoms with Crippen molar-refractivity contribution in [3.63, 3.8) is 0 Å². The van der Waals surface area contributed by atoms with Gasteiger partial charge in [-0.2, -0.15) is 5.26 Å². The Balaban J connectivity index is 1.52. The molecule has 0 saturated heterocycles. The van der Waals surface area contributed by atoms with Gasteiger partial charge in [0.05, 0.1) is 13.1 Å². The van der Waals surface area contributed by atoms with Crippen molar-refractivity contribution in [3.8, 4) is 11.8 Å². The van der Waals surface area contributed by atoms with Gasteiger partial charge in [0.2, 0.25) is 17.7 Å². The van der Waals surface area contributed by atoms with Gasteiger partial charge in [-0.1, -0.05) is 72.8 Å². The molecular weight excluding hydrogens is 582 g/mol. The number of amides is 4. The number of phenolic OH excluding ortho intramolecular Hbond substituents is 1. The summed E-state index contributed by atoms with van der Waals surface area (Å²) in [6.07, 6.45) is -0.719. The largest absolute Gasteiger partial charge is 0.508 e. The molecule has 45 heavy (non-hydrogen) atoms. The quantitative estimate of drug-likeness (QED) is 0.156. The van der Waals surface area contributed by atoms with Gasteiger partial charge in [-0.3, -0.25) is 14.4 Å². The van der Waals surface area contributed by atoms with Crippen LogP contribution in [0.2, 0.25) is 0 Å². The summed E-state index contributed by atoms with van der Waals surface area (Å²) in [6, 6.07) is 23.3. The molecule has 0 saturated carbocycles. The van der Waals surface area contributed by atoms with Crippen molar-refractivity contribution in [2.45, 2.75) is 31.5 Å². The van der Waals surface area contributed by atoms with E-state index in [9.17, 15) is 29.1 Å². The fourth-order valence-electron chi connectivity index (χ4n) is 4.01. The second-order valence-electron chi connectivity index (χ2n) is 9.70. The van der Waals surface area contributed by atoms with Gasteiger partial charge in [0.1, 0.15) is 30.5 Å². The Morgan fingerprint density at radius 2 is 1.27 bits per heavy atom. The number of rotatable bonds is 15. The lowest BCUT2D eigenvalue weighted by molar-refractivity contribution is -0.146. The number of nitrogens with one attached hydrogen (secondary N) is 4. The maximum Gasteiger partial charge on any atom is 0.408 e. The zero-order chi connectivity index (χ0) is 32.4. The molecule has 0 bridgehead atoms. The van der Waals surface area contributed by atoms with E-state index >= 15 is 0 Å². The van der Waals surface area contributed by atoms with Gasteiger partial charge in [0.25, 0.3) is 0 Å². The minimum absolute atomic E-state index is 0.0209. The molecule has 0 heterocycles. The number of ether oxygens (including phenoxy) is 2. The molecule has 0 radical (unpaired) electrons. The predicted molar refractivity (Wildman–Crippen MR) is 160 cm³/mol. The summed E-state index contributed by atoms with van der Waals surface area (Å²) in [5.41, 5.74) is 2.11. The van der Waals surface area contributed by atoms with E-state index in [0.717, 1.165) is 11.1 Å². The Morgan fingerprint density at radius 1 is 0.689 bits per heavy atom. The van der Waals surface area contributed by atoms with Crippen LogP contribution in [0.15, 0.2) is 84.9 Å². The van der Waals surface area contributed by atoms with Gasteiger partial charge >= 0.3 is 12.1 Å². The summed E-state index contributed by atoms with van der Waals surface area (Å²) in [4.78, 5) is 62.8. The average molecular weight is 616 g/mol. The average Bonchev–Trinajstić information content (AvgIpc) is 3.05. The molecule has 3 aromatic carbocycles. The Morgan fingerprint density at radius 3 is 1.91 bits per heavy atom. The number of phenols is 1. The molecule has 0 aliphatic heterocycles. The lowest BCUT2D eigenvalue weighted by Gasteiger charge is -2.19. The van der Waals surface area contributed by atoms with Crippen molar-refractivity contribution in [2.75, 3.05) is 19.7 Å². The number of nitriles is 1. The number of esters is 1. The number of hydrogen-bond acceptors (Lipinski definition) is 9. The maximum atomic E-state index is 13.0. The Kier molecular flexibility index (Phi) is 13.4. The number of nitrogens with zero attached hydrogens (tertiary/aromatic N) is 1. The molecule has 0 aromatic heterocycles. The highest BCUT2D eigenvalue weighted by Gasteiger charge is 2.24. The van der Waals surface area contributed by atoms with E-state index in [-0.39, 0.29) is 25.2 Å². The third-order valence-corrected chi connectivity index (χ3v) is 6.25. The van der Waals surface area contributed by atoms with Gasteiger partial charge in [-0.25, -0.2) is 9.59 Å². The van der Waals surface area contributed by atoms with Crippen molar-refractivity contribution in [3.05, 3.63) is 102 Å². The summed E-state index contributed by atoms with van der Waals surface area (Å²) in [5, 5.41) is 28.0. The molecule has 5 N–H and O–H groups in total. The van der Waals surface area contributed by atoms with Gasteiger partial charge in [-0.15, -0.1) is 0 Å². The molecule has 0 aliphatic rings. The first-order valence-corrected chi connectivity index (χ1v) is 13.9. The summed E-state index contributed by atoms with van der Waals surface area (Å²) in [5.74, 6) is -2.87. The predicted octanol–water partition coefficient (Wildman–Crippen LogP) is 1.26. The van der Waals surface area contributed by atoms with E-state index in [1.54, 1.807) is 72.8 Å². The number of hydrogen-bond donors (Lipinski definition) is 5. The van der Waals surface area contributed by atoms with E-state index < -0.39 is 61.6 Å². The van der Waals surface area contributed by atoms with Crippen molar-refractivity contribution < 1.29 is 38.6 Å². The Hall–Kier alpha value is -5.90. The molecule has 13 nitrogen and oxygen atoms in total. The number of alkyl carbamates (subject to hydrolysis) is 1. The van der Waals surface area contributed by atoms with E-state index in [1.807, 2.05) is 6.07 Å². The van der Waals surface area contributed by atoms with Crippen molar-refractivity contribution in [1.29, 1.82) is 5.26 Å². The van der Waals surface area contributed by atoms with Gasteiger partial charge in [-0.05, 0) is 28.8 Å². The number of carbonyl (C=O) groups excluding carboxylic acids is 5. The number of carbonyl (C=O) groups is 5. The molecule has 3 rings (SSSR count). The van der Waals surface area contributed by atoms with Gasteiger partial charge in [0, 0.05) is 12.8 Å². The normalized spacial score (nSPS) is 11.5. The first kappa shape index (κ1) is 33.6. The third-order valence-electron chi connectivity index (χ3n) is 6.25. The second kappa shape index (κ2) is 17.9. The molecule has 2 atom stereocenters. The minimum atomic E-state index is -1.13. The first-order chi connectivity index (χ1) is 21.7. The SMILES string of the molecule is N#CCOC(=O)[C@H](Cc1ccccc1)NC(=O)CNC(=O)CNC(=O)[C@H](Cc1ccc(O)cc1)NC(=O)OCc1ccccc1. The van der Waals surface area contributed by atoms with E-state index in [0.29, 0.717) is 5.56 Å². The van der Waals surface area contributed by atoms with Crippen LogP contribution in [0.25, 0.3) is 0 Å². The molecule has 13 heteroatoms. The van der Waals surface area contributed by atoms with Crippen molar-refractivity contribution in [2.24, 2.45) is 0 Å². The van der Waals surface area contributed by atoms with Crippen molar-refractivity contribution >= 4 is 29.8 Å². The van der Waals surface area contributed by atoms with Crippen LogP contribution in [-0.2, 0) is 48.1 Å². The van der Waals surface area contributed by atoms with Crippen LogP contribution in [0.3, 0.4) is 0 Å². The van der Waals surface area contributed by atoms with Crippen LogP contribution < -0.4 is 21.3 Å². The molecule has 0 spiro atoms. The monoisotopic (exact) mass is 615 g/mol. The third kappa shape index (κ3) is 12.5. The van der Waals surface area contributed by atoms with Gasteiger partial charge < -0.3 is 35.8 Å². The van der Waals surface area contributed by atoms with E-state index in [4.69, 9.17) is 14.7 Å². The van der Waals surface area contributed by atoms with E-state index in [1.165, 1.54) is 12.1 Å². The van der Waals surface area contributed by atoms with Crippen LogP contribution in [-0.4, -0.2) is 66.7 Å². The van der Waals surface area contributed by atoms with Crippen LogP contribution >= 0.6 is 0 Å². The lowest BCUT2D eigenvalue weighted by atomic mass is 10.1. The molecule has 0 aliphatic carbocycles. The lowest BCUT2D eigenvalue weighted by Crippen LogP contribution is -2.51. The minimum Gasteiger partial charge on any atom is -0.508 e. The fourth-order valence-corrected chi connectivity index (χ4v) is 4.01. The smallest absolute Gasteiger partial charge is 0.408 e. The van der Waals surface area contributed by atoms with Crippen LogP contribution in [0, 0.1) is 11.3 Å². The Bertz CT molecular complexity index is 1480. The highest BCUT2D eigenvalue weighted by Crippen LogP contribution is 2.12. The molecule has 3 aromatic rings. The first-order valence-electron chi connectivity index (χ1n) is 13.9. The molecule has 0 fully saturated rings. The standard InChI is InChI=1S/C32H33N5O8/c33-15-16-44-31(42)27(18-22-7-3-1-4-8-22)36-29(40)20-34-28(39)19-35-30(41)26(17-23-11-13-25(38)14-12-23)37-32(43)45-21-24-9-5-2-6-10-24/h1-14,26-27,38H,16-21H2,(H,34,39)(H,35,41)(H,36,40)(H,37,43)/t26-,27-/m0/s1. The zero-order valence-corrected chi connectivity index (χ0v) is 24.2. The molecular formula is C32H33N5O8. The zero-order valence-electron chi connectivity index (χ0n) is 24.2. The molecule has 4 amide bonds. The van der Waals surface area contributed by atoms with Gasteiger partial charge in [0.15, 0.2) is 6.61 Å². The van der Waals surface area contributed by atoms with Crippen LogP contribution in [0.5, 0.6) is 5.75 Å². The number of benzene rings is 3. The molecule has 234 valence electrons. The number of aromatic hydroxyl groups is 1. The highest BCUT2D eigenvalue weighted by atomic mass is 16.5. The fraction of sp³-hybridized carbons (Fsp3) is 0.250. The summed E-state index contributed by atoms with van der Waals surface area (Å²) in [7, 11) is 0. The van der Waals surface area contributed by atoms with E-state index in [2.05, 4.69) is 21.3 Å². The van der Waals surface area contributed by atoms with Crippen LogP contribution in [0.4, 0.5) is 4.79 Å². The summed E-state index contributed by atoms with van der Waals surface area (Å²) in [6.45, 7) is -1.53. The van der Waals surface area contributed by atoms with Crippen molar-refractivity contribution in [1.82, 2.24) is 21.3 Å². The summed E-state index contributed by atoms with van der Waals surface area (Å²) < 4.78 is 10.1. The topological polar surface area (TPSA) is 196 Å². The van der Waals surface area contributed by atoms with Crippen LogP contribution in [0.1, 0.15) is 16.7 Å². The summed E-state index contributed by atoms with van der Waals surface area (Å²) >= 11 is 0. The Labute approximate surface area is 259 Å². The second-order valence-corrected chi connectivity index (χ2v) is 9.70. The maximum absolute atomic E-state index is 13.0. The highest BCUT2D eigenvalue weighted by molar-refractivity contribution is 5.92.